The van der Waals surface area contributed by atoms with Crippen LogP contribution >= 0.6 is 0 Å². The van der Waals surface area contributed by atoms with Gasteiger partial charge in [-0.25, -0.2) is 9.78 Å². The van der Waals surface area contributed by atoms with Crippen molar-refractivity contribution in [2.75, 3.05) is 43.1 Å². The third kappa shape index (κ3) is 7.01. The summed E-state index contributed by atoms with van der Waals surface area (Å²) in [6.07, 6.45) is 0.595. The number of carbonyl (C=O) groups excluding carboxylic acids is 1. The first-order chi connectivity index (χ1) is 19.5. The van der Waals surface area contributed by atoms with E-state index in [-0.39, 0.29) is 17.8 Å². The number of carbonyl (C=O) groups is 2. The molecule has 5 rings (SSSR count). The fourth-order valence-corrected chi connectivity index (χ4v) is 4.75. The van der Waals surface area contributed by atoms with E-state index in [2.05, 4.69) is 37.2 Å². The number of nitrogens with zero attached hydrogens (tertiary/aromatic N) is 8. The van der Waals surface area contributed by atoms with Gasteiger partial charge in [0.2, 0.25) is 5.82 Å². The SMILES string of the molecule is CN1CCN(c2ccc(C(=O)NN(c3nc(C#N)nc4c3ncn4C)C3CCCC3)cc2)CC1.O=C(O)C(F)(F)F. The summed E-state index contributed by atoms with van der Waals surface area (Å²) in [5, 5.41) is 18.4. The summed E-state index contributed by atoms with van der Waals surface area (Å²) in [6.45, 7) is 4.02. The molecule has 1 aliphatic heterocycles. The third-order valence-corrected chi connectivity index (χ3v) is 7.02. The Bertz CT molecular complexity index is 1420. The number of alkyl halides is 3. The summed E-state index contributed by atoms with van der Waals surface area (Å²) in [5.74, 6) is -2.44. The second kappa shape index (κ2) is 12.4. The Hall–Kier alpha value is -4.45. The molecule has 2 aliphatic rings. The van der Waals surface area contributed by atoms with Crippen LogP contribution in [0.3, 0.4) is 0 Å². The summed E-state index contributed by atoms with van der Waals surface area (Å²) in [4.78, 5) is 40.1. The second-order valence-electron chi connectivity index (χ2n) is 9.90. The zero-order valence-electron chi connectivity index (χ0n) is 22.6. The number of hydrogen-bond acceptors (Lipinski definition) is 9. The number of fused-ring (bicyclic) bond motifs is 1. The molecule has 1 saturated carbocycles. The number of amides is 1. The summed E-state index contributed by atoms with van der Waals surface area (Å²) in [6, 6.07) is 9.88. The largest absolute Gasteiger partial charge is 0.490 e. The molecule has 2 aromatic heterocycles. The van der Waals surface area contributed by atoms with Gasteiger partial charge in [0.05, 0.1) is 12.4 Å². The van der Waals surface area contributed by atoms with Gasteiger partial charge in [0.25, 0.3) is 5.91 Å². The fourth-order valence-electron chi connectivity index (χ4n) is 4.75. The molecule has 1 amide bonds. The highest BCUT2D eigenvalue weighted by Gasteiger charge is 2.38. The molecular weight excluding hydrogens is 543 g/mol. The molecule has 0 radical (unpaired) electrons. The molecule has 1 saturated heterocycles. The number of anilines is 2. The molecule has 0 bridgehead atoms. The van der Waals surface area contributed by atoms with Crippen LogP contribution in [0.2, 0.25) is 0 Å². The number of aromatic nitrogens is 4. The van der Waals surface area contributed by atoms with Crippen LogP contribution < -0.4 is 15.3 Å². The number of carboxylic acids is 1. The van der Waals surface area contributed by atoms with Crippen molar-refractivity contribution in [1.82, 2.24) is 29.8 Å². The van der Waals surface area contributed by atoms with Crippen molar-refractivity contribution < 1.29 is 27.9 Å². The molecule has 41 heavy (non-hydrogen) atoms. The minimum atomic E-state index is -5.08. The lowest BCUT2D eigenvalue weighted by molar-refractivity contribution is -0.192. The highest BCUT2D eigenvalue weighted by molar-refractivity contribution is 5.96. The summed E-state index contributed by atoms with van der Waals surface area (Å²) < 4.78 is 33.5. The smallest absolute Gasteiger partial charge is 0.475 e. The zero-order chi connectivity index (χ0) is 29.7. The van der Waals surface area contributed by atoms with Crippen LogP contribution in [0.25, 0.3) is 11.2 Å². The van der Waals surface area contributed by atoms with Gasteiger partial charge in [-0.1, -0.05) is 12.8 Å². The average Bonchev–Trinajstić information content (AvgIpc) is 3.62. The minimum absolute atomic E-state index is 0.0554. The standard InChI is InChI=1S/C24H29N9O.C2HF3O2/c1-30-11-13-32(14-12-30)18-9-7-17(8-10-18)24(34)29-33(19-5-3-4-6-19)23-21-22(31(2)16-26-21)27-20(15-25)28-23;3-2(4,5)1(6)7/h7-10,16,19H,3-6,11-14H2,1-2H3,(H,29,34);(H,6,7). The highest BCUT2D eigenvalue weighted by Crippen LogP contribution is 2.30. The number of hydrazine groups is 1. The number of nitriles is 1. The maximum Gasteiger partial charge on any atom is 0.490 e. The Balaban J connectivity index is 0.000000493. The number of piperazine rings is 1. The normalized spacial score (nSPS) is 16.1. The molecule has 2 N–H and O–H groups in total. The molecule has 1 aliphatic carbocycles. The number of imidazole rings is 1. The van der Waals surface area contributed by atoms with Gasteiger partial charge in [-0.05, 0) is 44.2 Å². The molecule has 0 spiro atoms. The van der Waals surface area contributed by atoms with Gasteiger partial charge in [-0.3, -0.25) is 15.2 Å². The average molecular weight is 574 g/mol. The van der Waals surface area contributed by atoms with Crippen molar-refractivity contribution in [3.63, 3.8) is 0 Å². The van der Waals surface area contributed by atoms with Crippen molar-refractivity contribution in [1.29, 1.82) is 5.26 Å². The monoisotopic (exact) mass is 573 g/mol. The van der Waals surface area contributed by atoms with Crippen molar-refractivity contribution in [2.24, 2.45) is 7.05 Å². The summed E-state index contributed by atoms with van der Waals surface area (Å²) >= 11 is 0. The minimum Gasteiger partial charge on any atom is -0.475 e. The summed E-state index contributed by atoms with van der Waals surface area (Å²) in [5.41, 5.74) is 5.91. The first kappa shape index (κ1) is 29.5. The van der Waals surface area contributed by atoms with Gasteiger partial charge in [0.1, 0.15) is 6.07 Å². The quantitative estimate of drug-likeness (QED) is 0.437. The van der Waals surface area contributed by atoms with Crippen molar-refractivity contribution in [2.45, 2.75) is 37.9 Å². The van der Waals surface area contributed by atoms with Crippen LogP contribution in [0, 0.1) is 11.3 Å². The Kier molecular flexibility index (Phi) is 8.92. The van der Waals surface area contributed by atoms with Gasteiger partial charge in [0, 0.05) is 44.5 Å². The Morgan fingerprint density at radius 1 is 1.07 bits per heavy atom. The lowest BCUT2D eigenvalue weighted by Crippen LogP contribution is -2.48. The van der Waals surface area contributed by atoms with Gasteiger partial charge in [-0.15, -0.1) is 0 Å². The van der Waals surface area contributed by atoms with Gasteiger partial charge >= 0.3 is 12.1 Å². The molecule has 3 heterocycles. The number of benzene rings is 1. The number of nitrogens with one attached hydrogen (secondary N) is 1. The Morgan fingerprint density at radius 2 is 1.68 bits per heavy atom. The number of halogens is 3. The van der Waals surface area contributed by atoms with Crippen LogP contribution in [0.15, 0.2) is 30.6 Å². The highest BCUT2D eigenvalue weighted by atomic mass is 19.4. The maximum atomic E-state index is 13.3. The van der Waals surface area contributed by atoms with Crippen LogP contribution in [0.5, 0.6) is 0 Å². The van der Waals surface area contributed by atoms with Gasteiger partial charge in [0.15, 0.2) is 17.0 Å². The number of aryl methyl sites for hydroxylation is 1. The van der Waals surface area contributed by atoms with E-state index in [1.54, 1.807) is 10.9 Å². The van der Waals surface area contributed by atoms with Crippen LogP contribution in [-0.4, -0.2) is 86.8 Å². The number of rotatable bonds is 5. The molecule has 3 aromatic rings. The van der Waals surface area contributed by atoms with Crippen molar-refractivity contribution in [3.8, 4) is 6.07 Å². The van der Waals surface area contributed by atoms with E-state index in [0.717, 1.165) is 57.5 Å². The van der Waals surface area contributed by atoms with Gasteiger partial charge in [-0.2, -0.15) is 28.4 Å². The molecule has 0 atom stereocenters. The number of likely N-dealkylation sites (N-methyl/N-ethyl adjacent to an activating group) is 1. The van der Waals surface area contributed by atoms with Crippen LogP contribution in [0.1, 0.15) is 41.9 Å². The predicted molar refractivity (Wildman–Crippen MR) is 143 cm³/mol. The van der Waals surface area contributed by atoms with Gasteiger partial charge < -0.3 is 19.5 Å². The molecule has 15 heteroatoms. The molecule has 1 aromatic carbocycles. The number of aliphatic carboxylic acids is 1. The predicted octanol–water partition coefficient (Wildman–Crippen LogP) is 2.71. The van der Waals surface area contributed by atoms with E-state index in [1.165, 1.54) is 0 Å². The fraction of sp³-hybridized carbons (Fsp3) is 0.462. The lowest BCUT2D eigenvalue weighted by atomic mass is 10.1. The molecule has 12 nitrogen and oxygen atoms in total. The van der Waals surface area contributed by atoms with E-state index in [0.29, 0.717) is 22.5 Å². The van der Waals surface area contributed by atoms with E-state index in [1.807, 2.05) is 42.4 Å². The van der Waals surface area contributed by atoms with Crippen LogP contribution in [0.4, 0.5) is 24.7 Å². The first-order valence-electron chi connectivity index (χ1n) is 13.0. The third-order valence-electron chi connectivity index (χ3n) is 7.02. The van der Waals surface area contributed by atoms with E-state index >= 15 is 0 Å². The van der Waals surface area contributed by atoms with Crippen molar-refractivity contribution in [3.05, 3.63) is 42.0 Å². The second-order valence-corrected chi connectivity index (χ2v) is 9.90. The maximum absolute atomic E-state index is 13.3. The molecule has 0 unspecified atom stereocenters. The first-order valence-corrected chi connectivity index (χ1v) is 13.0. The molecule has 218 valence electrons. The lowest BCUT2D eigenvalue weighted by Gasteiger charge is -2.34. The molecular formula is C26H30F3N9O3. The van der Waals surface area contributed by atoms with E-state index in [9.17, 15) is 23.2 Å². The number of carboxylic acid groups (broad SMARTS) is 1. The van der Waals surface area contributed by atoms with Crippen molar-refractivity contribution >= 4 is 34.5 Å². The van der Waals surface area contributed by atoms with E-state index < -0.39 is 12.1 Å². The zero-order valence-corrected chi connectivity index (χ0v) is 22.6. The Morgan fingerprint density at radius 3 is 2.24 bits per heavy atom. The molecule has 2 fully saturated rings. The Labute approximate surface area is 234 Å². The van der Waals surface area contributed by atoms with E-state index in [4.69, 9.17) is 9.90 Å². The summed E-state index contributed by atoms with van der Waals surface area (Å²) in [7, 11) is 3.96. The van der Waals surface area contributed by atoms with Crippen LogP contribution in [-0.2, 0) is 11.8 Å². The number of hydrogen-bond donors (Lipinski definition) is 2. The topological polar surface area (TPSA) is 144 Å².